The van der Waals surface area contributed by atoms with Gasteiger partial charge in [-0.1, -0.05) is 11.6 Å². The van der Waals surface area contributed by atoms with Gasteiger partial charge in [0.1, 0.15) is 11.3 Å². The van der Waals surface area contributed by atoms with Crippen molar-refractivity contribution in [1.82, 2.24) is 5.32 Å². The van der Waals surface area contributed by atoms with E-state index < -0.39 is 11.4 Å². The van der Waals surface area contributed by atoms with Gasteiger partial charge in [-0.3, -0.25) is 4.79 Å². The Bertz CT molecular complexity index is 464. The van der Waals surface area contributed by atoms with E-state index in [0.29, 0.717) is 5.02 Å². The molecule has 0 unspecified atom stereocenters. The summed E-state index contributed by atoms with van der Waals surface area (Å²) in [4.78, 5) is 11.7. The van der Waals surface area contributed by atoms with Crippen LogP contribution in [0, 0.1) is 11.3 Å². The topological polar surface area (TPSA) is 73.1 Å². The summed E-state index contributed by atoms with van der Waals surface area (Å²) in [6.45, 7) is 3.12. The van der Waals surface area contributed by atoms with Gasteiger partial charge in [0.2, 0.25) is 0 Å². The zero-order valence-corrected chi connectivity index (χ0v) is 9.67. The lowest BCUT2D eigenvalue weighted by Gasteiger charge is -2.17. The van der Waals surface area contributed by atoms with Crippen LogP contribution in [0.1, 0.15) is 24.2 Å². The number of phenols is 1. The number of phenolic OH excluding ortho intramolecular Hbond substituents is 1. The van der Waals surface area contributed by atoms with Crippen molar-refractivity contribution in [2.45, 2.75) is 19.4 Å². The molecule has 4 nitrogen and oxygen atoms in total. The molecule has 16 heavy (non-hydrogen) atoms. The van der Waals surface area contributed by atoms with Crippen LogP contribution in [0.3, 0.4) is 0 Å². The van der Waals surface area contributed by atoms with E-state index in [4.69, 9.17) is 16.9 Å². The van der Waals surface area contributed by atoms with Crippen LogP contribution < -0.4 is 5.32 Å². The lowest BCUT2D eigenvalue weighted by Crippen LogP contribution is -2.42. The normalized spacial score (nSPS) is 10.6. The Morgan fingerprint density at radius 3 is 2.75 bits per heavy atom. The van der Waals surface area contributed by atoms with Crippen LogP contribution in [0.2, 0.25) is 5.02 Å². The summed E-state index contributed by atoms with van der Waals surface area (Å²) in [5.41, 5.74) is -0.943. The van der Waals surface area contributed by atoms with Crippen LogP contribution in [0.15, 0.2) is 18.2 Å². The van der Waals surface area contributed by atoms with Crippen molar-refractivity contribution in [3.05, 3.63) is 28.8 Å². The first-order chi connectivity index (χ1) is 7.35. The van der Waals surface area contributed by atoms with Crippen molar-refractivity contribution in [1.29, 1.82) is 5.26 Å². The average molecular weight is 239 g/mol. The van der Waals surface area contributed by atoms with Crippen LogP contribution in [0.4, 0.5) is 0 Å². The van der Waals surface area contributed by atoms with Gasteiger partial charge in [0, 0.05) is 5.02 Å². The second-order valence-corrected chi connectivity index (χ2v) is 4.29. The molecule has 0 radical (unpaired) electrons. The van der Waals surface area contributed by atoms with Crippen LogP contribution in [0.25, 0.3) is 0 Å². The molecule has 0 fully saturated rings. The number of hydrogen-bond donors (Lipinski definition) is 2. The molecule has 5 heteroatoms. The molecule has 1 amide bonds. The van der Waals surface area contributed by atoms with E-state index in [-0.39, 0.29) is 11.3 Å². The summed E-state index contributed by atoms with van der Waals surface area (Å²) in [6, 6.07) is 6.08. The number of benzene rings is 1. The Labute approximate surface area is 98.5 Å². The van der Waals surface area contributed by atoms with E-state index >= 15 is 0 Å². The largest absolute Gasteiger partial charge is 0.507 e. The van der Waals surface area contributed by atoms with Crippen molar-refractivity contribution in [3.63, 3.8) is 0 Å². The molecule has 1 aromatic carbocycles. The van der Waals surface area contributed by atoms with Crippen LogP contribution in [-0.4, -0.2) is 16.6 Å². The predicted molar refractivity (Wildman–Crippen MR) is 60.3 cm³/mol. The van der Waals surface area contributed by atoms with Crippen molar-refractivity contribution >= 4 is 17.5 Å². The van der Waals surface area contributed by atoms with Crippen molar-refractivity contribution in [2.75, 3.05) is 0 Å². The fraction of sp³-hybridized carbons (Fsp3) is 0.273. The molecule has 1 aromatic rings. The summed E-state index contributed by atoms with van der Waals surface area (Å²) in [5, 5.41) is 21.0. The minimum absolute atomic E-state index is 0.0517. The van der Waals surface area contributed by atoms with Gasteiger partial charge in [0.15, 0.2) is 0 Å². The molecule has 0 spiro atoms. The first kappa shape index (κ1) is 12.3. The lowest BCUT2D eigenvalue weighted by molar-refractivity contribution is 0.0926. The smallest absolute Gasteiger partial charge is 0.256 e. The van der Waals surface area contributed by atoms with Gasteiger partial charge in [-0.15, -0.1) is 0 Å². The third-order valence-electron chi connectivity index (χ3n) is 1.91. The fourth-order valence-corrected chi connectivity index (χ4v) is 1.24. The highest BCUT2D eigenvalue weighted by Crippen LogP contribution is 2.21. The number of hydrogen-bond acceptors (Lipinski definition) is 3. The maximum absolute atomic E-state index is 11.7. The number of halogens is 1. The van der Waals surface area contributed by atoms with Gasteiger partial charge < -0.3 is 10.4 Å². The van der Waals surface area contributed by atoms with Crippen LogP contribution >= 0.6 is 11.6 Å². The molecular weight excluding hydrogens is 228 g/mol. The SMILES string of the molecule is CC(C)(C#N)NC(=O)c1cc(Cl)ccc1O. The Balaban J connectivity index is 2.98. The molecule has 0 bridgehead atoms. The van der Waals surface area contributed by atoms with Gasteiger partial charge >= 0.3 is 0 Å². The highest BCUT2D eigenvalue weighted by molar-refractivity contribution is 6.31. The molecule has 0 heterocycles. The molecular formula is C11H11ClN2O2. The fourth-order valence-electron chi connectivity index (χ4n) is 1.07. The summed E-state index contributed by atoms with van der Waals surface area (Å²) < 4.78 is 0. The lowest BCUT2D eigenvalue weighted by atomic mass is 10.1. The number of amides is 1. The average Bonchev–Trinajstić information content (AvgIpc) is 2.21. The van der Waals surface area contributed by atoms with Crippen molar-refractivity contribution in [3.8, 4) is 11.8 Å². The van der Waals surface area contributed by atoms with E-state index in [1.165, 1.54) is 18.2 Å². The monoisotopic (exact) mass is 238 g/mol. The highest BCUT2D eigenvalue weighted by Gasteiger charge is 2.22. The highest BCUT2D eigenvalue weighted by atomic mass is 35.5. The summed E-state index contributed by atoms with van der Waals surface area (Å²) in [5.74, 6) is -0.706. The number of aromatic hydroxyl groups is 1. The first-order valence-corrected chi connectivity index (χ1v) is 4.96. The molecule has 2 N–H and O–H groups in total. The quantitative estimate of drug-likeness (QED) is 0.829. The van der Waals surface area contributed by atoms with E-state index in [2.05, 4.69) is 5.32 Å². The van der Waals surface area contributed by atoms with Crippen LogP contribution in [-0.2, 0) is 0 Å². The Morgan fingerprint density at radius 1 is 1.56 bits per heavy atom. The minimum Gasteiger partial charge on any atom is -0.507 e. The molecule has 0 aliphatic heterocycles. The number of carbonyl (C=O) groups is 1. The minimum atomic E-state index is -0.994. The number of nitriles is 1. The van der Waals surface area contributed by atoms with Crippen molar-refractivity contribution in [2.24, 2.45) is 0 Å². The predicted octanol–water partition coefficient (Wildman–Crippen LogP) is 2.08. The summed E-state index contributed by atoms with van der Waals surface area (Å²) in [6.07, 6.45) is 0. The number of nitrogens with zero attached hydrogens (tertiary/aromatic N) is 1. The van der Waals surface area contributed by atoms with Gasteiger partial charge in [-0.25, -0.2) is 0 Å². The van der Waals surface area contributed by atoms with Crippen LogP contribution in [0.5, 0.6) is 5.75 Å². The maximum atomic E-state index is 11.7. The molecule has 0 aromatic heterocycles. The van der Waals surface area contributed by atoms with E-state index in [1.54, 1.807) is 13.8 Å². The first-order valence-electron chi connectivity index (χ1n) is 4.58. The number of rotatable bonds is 2. The van der Waals surface area contributed by atoms with Gasteiger partial charge in [-0.05, 0) is 32.0 Å². The molecule has 0 aliphatic rings. The zero-order valence-electron chi connectivity index (χ0n) is 8.91. The zero-order chi connectivity index (χ0) is 12.3. The van der Waals surface area contributed by atoms with Gasteiger partial charge in [-0.2, -0.15) is 5.26 Å². The summed E-state index contributed by atoms with van der Waals surface area (Å²) in [7, 11) is 0. The van der Waals surface area contributed by atoms with Gasteiger partial charge in [0.05, 0.1) is 11.6 Å². The second kappa shape index (κ2) is 4.42. The van der Waals surface area contributed by atoms with E-state index in [9.17, 15) is 9.90 Å². The third kappa shape index (κ3) is 2.88. The third-order valence-corrected chi connectivity index (χ3v) is 2.14. The molecule has 0 saturated carbocycles. The van der Waals surface area contributed by atoms with Crippen molar-refractivity contribution < 1.29 is 9.90 Å². The summed E-state index contributed by atoms with van der Waals surface area (Å²) >= 11 is 5.71. The Kier molecular flexibility index (Phi) is 3.41. The van der Waals surface area contributed by atoms with E-state index in [1.807, 2.05) is 6.07 Å². The standard InChI is InChI=1S/C11H11ClN2O2/c1-11(2,6-13)14-10(16)8-5-7(12)3-4-9(8)15/h3-5,15H,1-2H3,(H,14,16). The maximum Gasteiger partial charge on any atom is 0.256 e. The van der Waals surface area contributed by atoms with Gasteiger partial charge in [0.25, 0.3) is 5.91 Å². The second-order valence-electron chi connectivity index (χ2n) is 3.85. The number of nitrogens with one attached hydrogen (secondary N) is 1. The molecule has 0 aliphatic carbocycles. The Hall–Kier alpha value is -1.73. The number of carbonyl (C=O) groups excluding carboxylic acids is 1. The van der Waals surface area contributed by atoms with E-state index in [0.717, 1.165) is 0 Å². The Morgan fingerprint density at radius 2 is 2.19 bits per heavy atom. The molecule has 1 rings (SSSR count). The molecule has 0 atom stereocenters. The molecule has 0 saturated heterocycles. The molecule has 84 valence electrons.